The van der Waals surface area contributed by atoms with E-state index in [2.05, 4.69) is 18.2 Å². The van der Waals surface area contributed by atoms with Crippen LogP contribution in [0.4, 0.5) is 0 Å². The van der Waals surface area contributed by atoms with E-state index >= 15 is 0 Å². The normalized spacial score (nSPS) is 18.9. The molecule has 0 aromatic heterocycles. The van der Waals surface area contributed by atoms with E-state index in [0.717, 1.165) is 29.5 Å². The van der Waals surface area contributed by atoms with Gasteiger partial charge in [0.2, 0.25) is 11.8 Å². The second kappa shape index (κ2) is 7.33. The van der Waals surface area contributed by atoms with Gasteiger partial charge >= 0.3 is 5.97 Å². The number of nitrogens with zero attached hydrogens (tertiary/aromatic N) is 2. The molecule has 2 amide bonds. The van der Waals surface area contributed by atoms with Crippen molar-refractivity contribution in [3.8, 4) is 0 Å². The number of piperidine rings is 1. The maximum atomic E-state index is 13.1. The highest BCUT2D eigenvalue weighted by atomic mass is 16.4. The highest BCUT2D eigenvalue weighted by Gasteiger charge is 2.52. The fourth-order valence-corrected chi connectivity index (χ4v) is 4.12. The molecule has 146 valence electrons. The Hall–Kier alpha value is -2.37. The van der Waals surface area contributed by atoms with Crippen LogP contribution in [0, 0.1) is 19.8 Å². The second-order valence-electron chi connectivity index (χ2n) is 8.11. The van der Waals surface area contributed by atoms with Gasteiger partial charge in [0, 0.05) is 20.1 Å². The third-order valence-electron chi connectivity index (χ3n) is 5.85. The number of benzene rings is 1. The number of aliphatic carboxylic acids is 1. The number of carboxylic acid groups (broad SMARTS) is 1. The van der Waals surface area contributed by atoms with Crippen LogP contribution >= 0.6 is 0 Å². The fourth-order valence-electron chi connectivity index (χ4n) is 4.12. The number of hydrogen-bond acceptors (Lipinski definition) is 3. The van der Waals surface area contributed by atoms with Crippen LogP contribution < -0.4 is 0 Å². The summed E-state index contributed by atoms with van der Waals surface area (Å²) < 4.78 is 0. The quantitative estimate of drug-likeness (QED) is 0.859. The number of carboxylic acids is 1. The molecule has 2 fully saturated rings. The maximum Gasteiger partial charge on any atom is 0.306 e. The Labute approximate surface area is 160 Å². The molecule has 0 bridgehead atoms. The number of aryl methyl sites for hydroxylation is 2. The molecule has 6 heteroatoms. The Morgan fingerprint density at radius 2 is 1.67 bits per heavy atom. The summed E-state index contributed by atoms with van der Waals surface area (Å²) in [7, 11) is 1.69. The molecular weight excluding hydrogens is 344 g/mol. The molecule has 6 nitrogen and oxygen atoms in total. The van der Waals surface area contributed by atoms with Crippen molar-refractivity contribution in [1.82, 2.24) is 9.80 Å². The molecule has 0 atom stereocenters. The number of amides is 2. The number of rotatable bonds is 5. The van der Waals surface area contributed by atoms with Crippen molar-refractivity contribution in [2.45, 2.75) is 44.9 Å². The lowest BCUT2D eigenvalue weighted by molar-refractivity contribution is -0.146. The summed E-state index contributed by atoms with van der Waals surface area (Å²) in [5.41, 5.74) is 2.85. The molecule has 1 heterocycles. The molecule has 0 unspecified atom stereocenters. The zero-order valence-electron chi connectivity index (χ0n) is 16.3. The minimum absolute atomic E-state index is 0.00118. The third kappa shape index (κ3) is 3.99. The Bertz CT molecular complexity index is 741. The smallest absolute Gasteiger partial charge is 0.306 e. The van der Waals surface area contributed by atoms with Crippen molar-refractivity contribution in [3.05, 3.63) is 34.9 Å². The SMILES string of the molecule is Cc1cc(C)cc(C2(C(=O)N(C)CC(=O)N3CCC(C(=O)O)CC3)CC2)c1. The predicted octanol–water partition coefficient (Wildman–Crippen LogP) is 2.12. The van der Waals surface area contributed by atoms with E-state index in [1.807, 2.05) is 13.8 Å². The zero-order chi connectivity index (χ0) is 19.8. The van der Waals surface area contributed by atoms with E-state index in [-0.39, 0.29) is 24.3 Å². The first-order valence-corrected chi connectivity index (χ1v) is 9.58. The summed E-state index contributed by atoms with van der Waals surface area (Å²) in [6, 6.07) is 6.24. The van der Waals surface area contributed by atoms with Crippen LogP contribution in [0.2, 0.25) is 0 Å². The van der Waals surface area contributed by atoms with Gasteiger partial charge in [-0.1, -0.05) is 29.3 Å². The van der Waals surface area contributed by atoms with Crippen molar-refractivity contribution < 1.29 is 19.5 Å². The first kappa shape index (κ1) is 19.4. The number of likely N-dealkylation sites (N-methyl/N-ethyl adjacent to an activating group) is 1. The van der Waals surface area contributed by atoms with Crippen LogP contribution in [0.3, 0.4) is 0 Å². The molecule has 1 aliphatic carbocycles. The van der Waals surface area contributed by atoms with Gasteiger partial charge in [-0.3, -0.25) is 14.4 Å². The molecule has 0 radical (unpaired) electrons. The van der Waals surface area contributed by atoms with Gasteiger partial charge in [-0.25, -0.2) is 0 Å². The van der Waals surface area contributed by atoms with Crippen LogP contribution in [0.25, 0.3) is 0 Å². The molecule has 27 heavy (non-hydrogen) atoms. The van der Waals surface area contributed by atoms with Gasteiger partial charge in [-0.2, -0.15) is 0 Å². The Morgan fingerprint density at radius 3 is 2.15 bits per heavy atom. The summed E-state index contributed by atoms with van der Waals surface area (Å²) in [6.45, 7) is 5.00. The molecule has 3 rings (SSSR count). The first-order valence-electron chi connectivity index (χ1n) is 9.58. The van der Waals surface area contributed by atoms with Crippen molar-refractivity contribution in [2.75, 3.05) is 26.7 Å². The molecule has 2 aliphatic rings. The van der Waals surface area contributed by atoms with Gasteiger partial charge in [0.1, 0.15) is 0 Å². The number of carbonyl (C=O) groups excluding carboxylic acids is 2. The molecule has 1 saturated carbocycles. The third-order valence-corrected chi connectivity index (χ3v) is 5.85. The summed E-state index contributed by atoms with van der Waals surface area (Å²) in [4.78, 5) is 39.9. The first-order chi connectivity index (χ1) is 12.7. The van der Waals surface area contributed by atoms with Gasteiger partial charge in [0.25, 0.3) is 0 Å². The standard InChI is InChI=1S/C21H28N2O4/c1-14-10-15(2)12-17(11-14)21(6-7-21)20(27)22(3)13-18(24)23-8-4-16(5-9-23)19(25)26/h10-12,16H,4-9,13H2,1-3H3,(H,25,26). The molecule has 1 aliphatic heterocycles. The van der Waals surface area contributed by atoms with E-state index in [1.165, 1.54) is 4.90 Å². The predicted molar refractivity (Wildman–Crippen MR) is 101 cm³/mol. The Balaban J connectivity index is 1.62. The van der Waals surface area contributed by atoms with Crippen LogP contribution in [0.15, 0.2) is 18.2 Å². The topological polar surface area (TPSA) is 77.9 Å². The second-order valence-corrected chi connectivity index (χ2v) is 8.11. The Morgan fingerprint density at radius 1 is 1.11 bits per heavy atom. The van der Waals surface area contributed by atoms with Crippen molar-refractivity contribution in [2.24, 2.45) is 5.92 Å². The Kier molecular flexibility index (Phi) is 5.27. The fraction of sp³-hybridized carbons (Fsp3) is 0.571. The lowest BCUT2D eigenvalue weighted by atomic mass is 9.91. The average Bonchev–Trinajstić information content (AvgIpc) is 3.42. The van der Waals surface area contributed by atoms with Crippen LogP contribution in [-0.2, 0) is 19.8 Å². The van der Waals surface area contributed by atoms with Crippen LogP contribution in [-0.4, -0.2) is 59.4 Å². The van der Waals surface area contributed by atoms with Crippen molar-refractivity contribution in [1.29, 1.82) is 0 Å². The lowest BCUT2D eigenvalue weighted by Gasteiger charge is -2.32. The molecule has 1 saturated heterocycles. The number of likely N-dealkylation sites (tertiary alicyclic amines) is 1. The minimum Gasteiger partial charge on any atom is -0.481 e. The van der Waals surface area contributed by atoms with Crippen molar-refractivity contribution in [3.63, 3.8) is 0 Å². The summed E-state index contributed by atoms with van der Waals surface area (Å²) in [6.07, 6.45) is 2.59. The maximum absolute atomic E-state index is 13.1. The number of carbonyl (C=O) groups is 3. The van der Waals surface area contributed by atoms with E-state index in [0.29, 0.717) is 25.9 Å². The average molecular weight is 372 g/mol. The minimum atomic E-state index is -0.793. The highest BCUT2D eigenvalue weighted by Crippen LogP contribution is 2.49. The molecule has 1 aromatic carbocycles. The zero-order valence-corrected chi connectivity index (χ0v) is 16.3. The summed E-state index contributed by atoms with van der Waals surface area (Å²) >= 11 is 0. The monoisotopic (exact) mass is 372 g/mol. The summed E-state index contributed by atoms with van der Waals surface area (Å²) in [5.74, 6) is -1.27. The molecule has 0 spiro atoms. The van der Waals surface area contributed by atoms with E-state index < -0.39 is 11.4 Å². The number of hydrogen-bond donors (Lipinski definition) is 1. The van der Waals surface area contributed by atoms with Crippen LogP contribution in [0.5, 0.6) is 0 Å². The van der Waals surface area contributed by atoms with Gasteiger partial charge in [0.05, 0.1) is 17.9 Å². The van der Waals surface area contributed by atoms with Gasteiger partial charge in [-0.05, 0) is 45.1 Å². The van der Waals surface area contributed by atoms with Gasteiger partial charge in [-0.15, -0.1) is 0 Å². The van der Waals surface area contributed by atoms with Crippen molar-refractivity contribution >= 4 is 17.8 Å². The molecule has 1 N–H and O–H groups in total. The summed E-state index contributed by atoms with van der Waals surface area (Å²) in [5, 5.41) is 9.07. The lowest BCUT2D eigenvalue weighted by Crippen LogP contribution is -2.47. The van der Waals surface area contributed by atoms with E-state index in [4.69, 9.17) is 5.11 Å². The molecular formula is C21H28N2O4. The van der Waals surface area contributed by atoms with Gasteiger partial charge in [0.15, 0.2) is 0 Å². The molecule has 1 aromatic rings. The largest absolute Gasteiger partial charge is 0.481 e. The van der Waals surface area contributed by atoms with Gasteiger partial charge < -0.3 is 14.9 Å². The highest BCUT2D eigenvalue weighted by molar-refractivity contribution is 5.94. The van der Waals surface area contributed by atoms with Crippen LogP contribution in [0.1, 0.15) is 42.4 Å². The van der Waals surface area contributed by atoms with E-state index in [1.54, 1.807) is 11.9 Å². The van der Waals surface area contributed by atoms with E-state index in [9.17, 15) is 14.4 Å².